The smallest absolute Gasteiger partial charge is 0.228 e. The molecule has 144 valence electrons. The van der Waals surface area contributed by atoms with Crippen LogP contribution in [0, 0.1) is 11.8 Å². The van der Waals surface area contributed by atoms with Gasteiger partial charge in [0.25, 0.3) is 0 Å². The van der Waals surface area contributed by atoms with Gasteiger partial charge < -0.3 is 15.5 Å². The fourth-order valence-electron chi connectivity index (χ4n) is 3.88. The number of piperidine rings is 1. The SMILES string of the molecule is CSc1ccc(N2CC(C(=O)N3CCC(C)CC3CN)CC2=O)cc1.Cl. The molecular formula is C19H28ClN3O2S. The van der Waals surface area contributed by atoms with E-state index in [1.54, 1.807) is 16.7 Å². The van der Waals surface area contributed by atoms with Gasteiger partial charge in [0.2, 0.25) is 11.8 Å². The first-order valence-corrected chi connectivity index (χ1v) is 10.2. The zero-order valence-electron chi connectivity index (χ0n) is 15.4. The maximum absolute atomic E-state index is 13.0. The van der Waals surface area contributed by atoms with Gasteiger partial charge in [-0.05, 0) is 49.3 Å². The van der Waals surface area contributed by atoms with Crippen LogP contribution in [0.2, 0.25) is 0 Å². The summed E-state index contributed by atoms with van der Waals surface area (Å²) in [6.45, 7) is 3.94. The Bertz CT molecular complexity index is 640. The number of anilines is 1. The van der Waals surface area contributed by atoms with Gasteiger partial charge in [-0.3, -0.25) is 9.59 Å². The van der Waals surface area contributed by atoms with Crippen molar-refractivity contribution >= 4 is 41.7 Å². The number of nitrogens with two attached hydrogens (primary N) is 1. The molecule has 0 spiro atoms. The number of hydrogen-bond donors (Lipinski definition) is 1. The van der Waals surface area contributed by atoms with E-state index in [2.05, 4.69) is 6.92 Å². The van der Waals surface area contributed by atoms with Crippen LogP contribution in [-0.2, 0) is 9.59 Å². The Morgan fingerprint density at radius 3 is 2.62 bits per heavy atom. The van der Waals surface area contributed by atoms with Gasteiger partial charge >= 0.3 is 0 Å². The number of carbonyl (C=O) groups is 2. The molecule has 2 heterocycles. The van der Waals surface area contributed by atoms with Gasteiger partial charge in [-0.25, -0.2) is 0 Å². The van der Waals surface area contributed by atoms with E-state index in [-0.39, 0.29) is 36.2 Å². The molecule has 1 aromatic carbocycles. The molecule has 7 heteroatoms. The van der Waals surface area contributed by atoms with Gasteiger partial charge in [0.1, 0.15) is 0 Å². The van der Waals surface area contributed by atoms with Gasteiger partial charge in [0.15, 0.2) is 0 Å². The second-order valence-corrected chi connectivity index (χ2v) is 8.03. The van der Waals surface area contributed by atoms with Crippen molar-refractivity contribution < 1.29 is 9.59 Å². The lowest BCUT2D eigenvalue weighted by Gasteiger charge is -2.39. The second kappa shape index (κ2) is 9.11. The molecule has 3 atom stereocenters. The molecule has 3 rings (SSSR count). The molecule has 2 N–H and O–H groups in total. The molecule has 0 aliphatic carbocycles. The van der Waals surface area contributed by atoms with Crippen LogP contribution >= 0.6 is 24.2 Å². The highest BCUT2D eigenvalue weighted by atomic mass is 35.5. The summed E-state index contributed by atoms with van der Waals surface area (Å²) in [5, 5.41) is 0. The summed E-state index contributed by atoms with van der Waals surface area (Å²) in [4.78, 5) is 30.3. The van der Waals surface area contributed by atoms with Crippen molar-refractivity contribution in [3.05, 3.63) is 24.3 Å². The lowest BCUT2D eigenvalue weighted by Crippen LogP contribution is -2.51. The summed E-state index contributed by atoms with van der Waals surface area (Å²) < 4.78 is 0. The number of thioether (sulfide) groups is 1. The van der Waals surface area contributed by atoms with Crippen molar-refractivity contribution in [3.8, 4) is 0 Å². The van der Waals surface area contributed by atoms with E-state index >= 15 is 0 Å². The van der Waals surface area contributed by atoms with Crippen LogP contribution in [0.5, 0.6) is 0 Å². The number of amides is 2. The molecule has 2 aliphatic rings. The second-order valence-electron chi connectivity index (χ2n) is 7.15. The average molecular weight is 398 g/mol. The topological polar surface area (TPSA) is 66.6 Å². The number of carbonyl (C=O) groups excluding carboxylic acids is 2. The van der Waals surface area contributed by atoms with Crippen molar-refractivity contribution in [2.24, 2.45) is 17.6 Å². The summed E-state index contributed by atoms with van der Waals surface area (Å²) in [5.74, 6) is 0.480. The molecule has 2 saturated heterocycles. The Kier molecular flexibility index (Phi) is 7.38. The Labute approximate surface area is 166 Å². The fourth-order valence-corrected chi connectivity index (χ4v) is 4.29. The summed E-state index contributed by atoms with van der Waals surface area (Å²) in [6.07, 6.45) is 4.30. The molecule has 2 fully saturated rings. The van der Waals surface area contributed by atoms with Crippen LogP contribution in [0.3, 0.4) is 0 Å². The first kappa shape index (κ1) is 21.1. The Hall–Kier alpha value is -1.24. The lowest BCUT2D eigenvalue weighted by atomic mass is 9.91. The van der Waals surface area contributed by atoms with E-state index < -0.39 is 0 Å². The molecule has 3 unspecified atom stereocenters. The van der Waals surface area contributed by atoms with Gasteiger partial charge in [-0.1, -0.05) is 6.92 Å². The van der Waals surface area contributed by atoms with Crippen LogP contribution in [0.15, 0.2) is 29.2 Å². The first-order valence-electron chi connectivity index (χ1n) is 8.98. The third-order valence-electron chi connectivity index (χ3n) is 5.39. The maximum atomic E-state index is 13.0. The van der Waals surface area contributed by atoms with Crippen LogP contribution in [0.4, 0.5) is 5.69 Å². The maximum Gasteiger partial charge on any atom is 0.228 e. The molecular weight excluding hydrogens is 370 g/mol. The fraction of sp³-hybridized carbons (Fsp3) is 0.579. The third kappa shape index (κ3) is 4.35. The molecule has 1 aromatic rings. The minimum absolute atomic E-state index is 0. The van der Waals surface area contributed by atoms with E-state index in [0.717, 1.165) is 30.0 Å². The molecule has 0 bridgehead atoms. The molecule has 0 saturated carbocycles. The zero-order valence-corrected chi connectivity index (χ0v) is 17.0. The van der Waals surface area contributed by atoms with Crippen molar-refractivity contribution in [1.82, 2.24) is 4.90 Å². The zero-order chi connectivity index (χ0) is 18.0. The summed E-state index contributed by atoms with van der Waals surface area (Å²) >= 11 is 1.67. The normalized spacial score (nSPS) is 26.0. The van der Waals surface area contributed by atoms with E-state index in [1.807, 2.05) is 35.4 Å². The Morgan fingerprint density at radius 1 is 1.31 bits per heavy atom. The van der Waals surface area contributed by atoms with Crippen LogP contribution in [-0.4, -0.2) is 48.6 Å². The number of hydrogen-bond acceptors (Lipinski definition) is 4. The van der Waals surface area contributed by atoms with Crippen molar-refractivity contribution in [1.29, 1.82) is 0 Å². The summed E-state index contributed by atoms with van der Waals surface area (Å²) in [5.41, 5.74) is 6.77. The van der Waals surface area contributed by atoms with Gasteiger partial charge in [-0.2, -0.15) is 0 Å². The Balaban J connectivity index is 0.00000243. The molecule has 2 aliphatic heterocycles. The highest BCUT2D eigenvalue weighted by molar-refractivity contribution is 7.98. The standard InChI is InChI=1S/C19H27N3O2S.ClH/c1-13-7-8-21(16(9-13)11-20)19(24)14-10-18(23)22(12-14)15-3-5-17(25-2)6-4-15;/h3-6,13-14,16H,7-12,20H2,1-2H3;1H. The first-order chi connectivity index (χ1) is 12.0. The van der Waals surface area contributed by atoms with E-state index in [0.29, 0.717) is 25.4 Å². The lowest BCUT2D eigenvalue weighted by molar-refractivity contribution is -0.139. The van der Waals surface area contributed by atoms with Crippen molar-refractivity contribution in [3.63, 3.8) is 0 Å². The van der Waals surface area contributed by atoms with Crippen LogP contribution < -0.4 is 10.6 Å². The highest BCUT2D eigenvalue weighted by Gasteiger charge is 2.39. The Morgan fingerprint density at radius 2 is 2.00 bits per heavy atom. The third-order valence-corrected chi connectivity index (χ3v) is 6.14. The van der Waals surface area contributed by atoms with E-state index in [4.69, 9.17) is 5.73 Å². The van der Waals surface area contributed by atoms with Gasteiger partial charge in [0.05, 0.1) is 5.92 Å². The predicted molar refractivity (Wildman–Crippen MR) is 109 cm³/mol. The number of benzene rings is 1. The quantitative estimate of drug-likeness (QED) is 0.793. The minimum atomic E-state index is -0.254. The van der Waals surface area contributed by atoms with Crippen molar-refractivity contribution in [2.45, 2.75) is 37.1 Å². The number of halogens is 1. The van der Waals surface area contributed by atoms with Crippen molar-refractivity contribution in [2.75, 3.05) is 30.8 Å². The average Bonchev–Trinajstić information content (AvgIpc) is 3.02. The highest BCUT2D eigenvalue weighted by Crippen LogP contribution is 2.30. The minimum Gasteiger partial charge on any atom is -0.338 e. The monoisotopic (exact) mass is 397 g/mol. The predicted octanol–water partition coefficient (Wildman–Crippen LogP) is 2.77. The van der Waals surface area contributed by atoms with Gasteiger partial charge in [0, 0.05) is 42.7 Å². The van der Waals surface area contributed by atoms with Crippen LogP contribution in [0.1, 0.15) is 26.2 Å². The number of nitrogens with zero attached hydrogens (tertiary/aromatic N) is 2. The molecule has 5 nitrogen and oxygen atoms in total. The molecule has 2 amide bonds. The van der Waals surface area contributed by atoms with E-state index in [1.165, 1.54) is 0 Å². The summed E-state index contributed by atoms with van der Waals surface area (Å²) in [7, 11) is 0. The molecule has 26 heavy (non-hydrogen) atoms. The van der Waals surface area contributed by atoms with E-state index in [9.17, 15) is 9.59 Å². The number of likely N-dealkylation sites (tertiary alicyclic amines) is 1. The van der Waals surface area contributed by atoms with Crippen LogP contribution in [0.25, 0.3) is 0 Å². The summed E-state index contributed by atoms with van der Waals surface area (Å²) in [6, 6.07) is 8.06. The molecule has 0 aromatic heterocycles. The van der Waals surface area contributed by atoms with Gasteiger partial charge in [-0.15, -0.1) is 24.2 Å². The molecule has 0 radical (unpaired) electrons. The number of rotatable bonds is 4. The largest absolute Gasteiger partial charge is 0.338 e.